The highest BCUT2D eigenvalue weighted by molar-refractivity contribution is 6.43. The monoisotopic (exact) mass is 627 g/mol. The first kappa shape index (κ1) is 30.7. The Labute approximate surface area is 257 Å². The summed E-state index contributed by atoms with van der Waals surface area (Å²) in [4.78, 5) is 37.8. The third-order valence-electron chi connectivity index (χ3n) is 5.74. The minimum Gasteiger partial charge on any atom is -0.445 e. The Balaban J connectivity index is 1.41. The van der Waals surface area contributed by atoms with Crippen LogP contribution < -0.4 is 14.8 Å². The van der Waals surface area contributed by atoms with E-state index in [0.717, 1.165) is 11.1 Å². The van der Waals surface area contributed by atoms with Gasteiger partial charge in [0.25, 0.3) is 0 Å². The van der Waals surface area contributed by atoms with Crippen molar-refractivity contribution in [3.05, 3.63) is 129 Å². The number of alkyl carbamates (subject to hydrolysis) is 1. The summed E-state index contributed by atoms with van der Waals surface area (Å²) < 4.78 is 21.1. The largest absolute Gasteiger partial charge is 0.514 e. The van der Waals surface area contributed by atoms with Crippen LogP contribution in [-0.4, -0.2) is 24.3 Å². The summed E-state index contributed by atoms with van der Waals surface area (Å²) in [7, 11) is 0. The highest BCUT2D eigenvalue weighted by atomic mass is 35.5. The van der Waals surface area contributed by atoms with Crippen molar-refractivity contribution in [3.8, 4) is 11.5 Å². The number of esters is 1. The average Bonchev–Trinajstić information content (AvgIpc) is 2.99. The van der Waals surface area contributed by atoms with Crippen LogP contribution in [0.3, 0.4) is 0 Å². The van der Waals surface area contributed by atoms with E-state index in [2.05, 4.69) is 5.32 Å². The number of hydrogen-bond donors (Lipinski definition) is 1. The molecule has 1 atom stereocenters. The van der Waals surface area contributed by atoms with E-state index in [1.54, 1.807) is 24.3 Å². The smallest absolute Gasteiger partial charge is 0.445 e. The van der Waals surface area contributed by atoms with Gasteiger partial charge in [0.15, 0.2) is 5.75 Å². The van der Waals surface area contributed by atoms with Crippen molar-refractivity contribution in [1.82, 2.24) is 5.32 Å². The molecule has 216 valence electrons. The first-order valence-corrected chi connectivity index (χ1v) is 13.7. The lowest BCUT2D eigenvalue weighted by atomic mass is 10.1. The van der Waals surface area contributed by atoms with Crippen molar-refractivity contribution < 1.29 is 33.3 Å². The molecule has 0 aliphatic rings. The number of carbonyl (C=O) groups is 3. The molecule has 0 unspecified atom stereocenters. The third-order valence-corrected chi connectivity index (χ3v) is 6.76. The molecule has 4 rings (SSSR count). The molecule has 0 heterocycles. The van der Waals surface area contributed by atoms with E-state index in [-0.39, 0.29) is 46.2 Å². The Morgan fingerprint density at radius 3 is 1.83 bits per heavy atom. The Morgan fingerprint density at radius 1 is 0.643 bits per heavy atom. The summed E-state index contributed by atoms with van der Waals surface area (Å²) in [5.74, 6) is -0.621. The van der Waals surface area contributed by atoms with E-state index in [1.807, 2.05) is 48.5 Å². The van der Waals surface area contributed by atoms with Gasteiger partial charge in [-0.25, -0.2) is 14.4 Å². The molecule has 0 aliphatic heterocycles. The molecule has 4 aromatic rings. The molecule has 0 saturated heterocycles. The number of ether oxygens (including phenoxy) is 4. The predicted molar refractivity (Wildman–Crippen MR) is 158 cm³/mol. The minimum absolute atomic E-state index is 0.000527. The van der Waals surface area contributed by atoms with Crippen LogP contribution in [0.15, 0.2) is 97.1 Å². The van der Waals surface area contributed by atoms with Gasteiger partial charge >= 0.3 is 18.2 Å². The van der Waals surface area contributed by atoms with Gasteiger partial charge in [0.05, 0.1) is 15.1 Å². The van der Waals surface area contributed by atoms with Crippen molar-refractivity contribution in [2.45, 2.75) is 25.7 Å². The van der Waals surface area contributed by atoms with Crippen LogP contribution >= 0.6 is 34.8 Å². The van der Waals surface area contributed by atoms with Crippen molar-refractivity contribution in [2.75, 3.05) is 0 Å². The van der Waals surface area contributed by atoms with E-state index in [4.69, 9.17) is 53.8 Å². The number of hydrogen-bond acceptors (Lipinski definition) is 7. The van der Waals surface area contributed by atoms with Crippen LogP contribution in [0.2, 0.25) is 15.1 Å². The molecule has 0 aromatic heterocycles. The van der Waals surface area contributed by atoms with Crippen LogP contribution in [0.1, 0.15) is 16.7 Å². The number of benzene rings is 4. The Kier molecular flexibility index (Phi) is 11.1. The maximum Gasteiger partial charge on any atom is 0.514 e. The van der Waals surface area contributed by atoms with E-state index in [0.29, 0.717) is 5.56 Å². The van der Waals surface area contributed by atoms with Gasteiger partial charge in [0, 0.05) is 12.5 Å². The molecule has 0 fully saturated rings. The zero-order valence-corrected chi connectivity index (χ0v) is 24.2. The molecule has 1 amide bonds. The van der Waals surface area contributed by atoms with Gasteiger partial charge in [-0.05, 0) is 34.9 Å². The topological polar surface area (TPSA) is 100 Å². The summed E-state index contributed by atoms with van der Waals surface area (Å²) in [6.45, 7) is 0.0654. The van der Waals surface area contributed by atoms with Gasteiger partial charge in [0.2, 0.25) is 0 Å². The van der Waals surface area contributed by atoms with Gasteiger partial charge in [-0.3, -0.25) is 0 Å². The molecule has 4 aromatic carbocycles. The standard InChI is InChI=1S/C31H24Cl3NO7/c32-24-16-26(34)28(17-25(24)33)42-29(36)27(35-30(37)39-18-21-7-3-1-4-8-21)15-20-11-13-23(14-12-20)41-31(38)40-19-22-9-5-2-6-10-22/h1-14,16-17,27H,15,18-19H2,(H,35,37)/t27-/m0/s1. The fraction of sp³-hybridized carbons (Fsp3) is 0.129. The van der Waals surface area contributed by atoms with Crippen LogP contribution in [-0.2, 0) is 33.9 Å². The molecule has 0 spiro atoms. The Morgan fingerprint density at radius 2 is 1.21 bits per heavy atom. The maximum absolute atomic E-state index is 13.2. The Hall–Kier alpha value is -4.24. The second kappa shape index (κ2) is 15.1. The molecule has 42 heavy (non-hydrogen) atoms. The first-order chi connectivity index (χ1) is 20.3. The summed E-state index contributed by atoms with van der Waals surface area (Å²) >= 11 is 18.2. The maximum atomic E-state index is 13.2. The van der Waals surface area contributed by atoms with Gasteiger partial charge in [-0.15, -0.1) is 0 Å². The third kappa shape index (κ3) is 9.41. The highest BCUT2D eigenvalue weighted by Gasteiger charge is 2.25. The van der Waals surface area contributed by atoms with Crippen LogP contribution in [0.5, 0.6) is 11.5 Å². The van der Waals surface area contributed by atoms with Crippen molar-refractivity contribution in [3.63, 3.8) is 0 Å². The number of halogens is 3. The lowest BCUT2D eigenvalue weighted by Gasteiger charge is -2.18. The number of carbonyl (C=O) groups excluding carboxylic acids is 3. The molecule has 0 radical (unpaired) electrons. The summed E-state index contributed by atoms with van der Waals surface area (Å²) in [5, 5.41) is 2.92. The molecule has 1 N–H and O–H groups in total. The predicted octanol–water partition coefficient (Wildman–Crippen LogP) is 7.81. The van der Waals surface area contributed by atoms with Gasteiger partial charge in [0.1, 0.15) is 25.0 Å². The van der Waals surface area contributed by atoms with Crippen molar-refractivity contribution in [1.29, 1.82) is 0 Å². The van der Waals surface area contributed by atoms with Crippen LogP contribution in [0, 0.1) is 0 Å². The Bertz CT molecular complexity index is 1520. The van der Waals surface area contributed by atoms with Crippen molar-refractivity contribution in [2.24, 2.45) is 0 Å². The van der Waals surface area contributed by atoms with E-state index in [1.165, 1.54) is 24.3 Å². The molecular weight excluding hydrogens is 605 g/mol. The molecule has 0 bridgehead atoms. The van der Waals surface area contributed by atoms with Gasteiger partial charge < -0.3 is 24.3 Å². The summed E-state index contributed by atoms with van der Waals surface area (Å²) in [6, 6.07) is 26.0. The zero-order chi connectivity index (χ0) is 29.9. The lowest BCUT2D eigenvalue weighted by molar-refractivity contribution is -0.136. The number of amides is 1. The molecule has 8 nitrogen and oxygen atoms in total. The lowest BCUT2D eigenvalue weighted by Crippen LogP contribution is -2.44. The zero-order valence-electron chi connectivity index (χ0n) is 21.9. The SMILES string of the molecule is O=C(N[C@@H](Cc1ccc(OC(=O)OCc2ccccc2)cc1)C(=O)Oc1cc(Cl)c(Cl)cc1Cl)OCc1ccccc1. The van der Waals surface area contributed by atoms with Crippen LogP contribution in [0.25, 0.3) is 0 Å². The minimum atomic E-state index is -1.18. The highest BCUT2D eigenvalue weighted by Crippen LogP contribution is 2.34. The van der Waals surface area contributed by atoms with Crippen molar-refractivity contribution >= 4 is 53.0 Å². The number of nitrogens with one attached hydrogen (secondary N) is 1. The second-order valence-corrected chi connectivity index (χ2v) is 10.1. The summed E-state index contributed by atoms with van der Waals surface area (Å²) in [6.07, 6.45) is -1.69. The summed E-state index contributed by atoms with van der Waals surface area (Å²) in [5.41, 5.74) is 2.21. The molecule has 11 heteroatoms. The fourth-order valence-electron chi connectivity index (χ4n) is 3.63. The molecular formula is C31H24Cl3NO7. The quantitative estimate of drug-likeness (QED) is 0.0828. The van der Waals surface area contributed by atoms with Gasteiger partial charge in [-0.1, -0.05) is 108 Å². The first-order valence-electron chi connectivity index (χ1n) is 12.6. The second-order valence-electron chi connectivity index (χ2n) is 8.85. The fourth-order valence-corrected chi connectivity index (χ4v) is 4.21. The van der Waals surface area contributed by atoms with E-state index >= 15 is 0 Å². The van der Waals surface area contributed by atoms with E-state index in [9.17, 15) is 14.4 Å². The van der Waals surface area contributed by atoms with Gasteiger partial charge in [-0.2, -0.15) is 0 Å². The van der Waals surface area contributed by atoms with Crippen LogP contribution in [0.4, 0.5) is 9.59 Å². The molecule has 0 aliphatic carbocycles. The number of rotatable bonds is 10. The molecule has 0 saturated carbocycles. The average molecular weight is 629 g/mol. The normalized spacial score (nSPS) is 11.2. The van der Waals surface area contributed by atoms with E-state index < -0.39 is 24.3 Å².